The van der Waals surface area contributed by atoms with Gasteiger partial charge in [-0.3, -0.25) is 4.98 Å². The molecule has 3 N–H and O–H groups in total. The first-order valence-electron chi connectivity index (χ1n) is 9.89. The molecule has 0 radical (unpaired) electrons. The quantitative estimate of drug-likeness (QED) is 0.148. The number of nitrogens with two attached hydrogens (primary N) is 1. The molecule has 0 saturated carbocycles. The van der Waals surface area contributed by atoms with E-state index >= 15 is 8.78 Å². The molecule has 174 valence electrons. The molecule has 3 aromatic rings. The number of halogens is 5. The first kappa shape index (κ1) is 24.0. The van der Waals surface area contributed by atoms with E-state index in [0.717, 1.165) is 30.7 Å². The van der Waals surface area contributed by atoms with E-state index in [9.17, 15) is 13.2 Å². The van der Waals surface area contributed by atoms with Crippen LogP contribution >= 0.6 is 0 Å². The van der Waals surface area contributed by atoms with Crippen LogP contribution in [0.4, 0.5) is 22.0 Å². The van der Waals surface area contributed by atoms with Gasteiger partial charge in [-0.05, 0) is 29.3 Å². The predicted molar refractivity (Wildman–Crippen MR) is 114 cm³/mol. The number of nitrogens with one attached hydrogen (secondary N) is 1. The molecular formula is C23H21F5N4O. The van der Waals surface area contributed by atoms with Gasteiger partial charge in [0, 0.05) is 12.6 Å². The van der Waals surface area contributed by atoms with Gasteiger partial charge in [0.05, 0.1) is 12.1 Å². The molecule has 5 nitrogen and oxygen atoms in total. The first-order chi connectivity index (χ1) is 15.8. The van der Waals surface area contributed by atoms with E-state index < -0.39 is 47.4 Å². The molecule has 33 heavy (non-hydrogen) atoms. The summed E-state index contributed by atoms with van der Waals surface area (Å²) in [5, 5.41) is 5.62. The van der Waals surface area contributed by atoms with Crippen LogP contribution in [0.3, 0.4) is 0 Å². The molecule has 3 rings (SSSR count). The van der Waals surface area contributed by atoms with Gasteiger partial charge in [0.1, 0.15) is 36.0 Å². The van der Waals surface area contributed by atoms with Crippen LogP contribution in [0.15, 0.2) is 72.0 Å². The third kappa shape index (κ3) is 5.97. The van der Waals surface area contributed by atoms with Crippen LogP contribution in [0, 0.1) is 11.6 Å². The maximum atomic E-state index is 15.3. The van der Waals surface area contributed by atoms with Crippen molar-refractivity contribution in [2.75, 3.05) is 13.2 Å². The lowest BCUT2D eigenvalue weighted by Crippen LogP contribution is -2.34. The second-order valence-electron chi connectivity index (χ2n) is 7.10. The number of aromatic nitrogens is 1. The van der Waals surface area contributed by atoms with Crippen molar-refractivity contribution in [1.82, 2.24) is 10.3 Å². The van der Waals surface area contributed by atoms with Gasteiger partial charge in [0.25, 0.3) is 5.92 Å². The molecular weight excluding hydrogens is 443 g/mol. The summed E-state index contributed by atoms with van der Waals surface area (Å²) in [5.74, 6) is -2.39. The Hall–Kier alpha value is -3.69. The summed E-state index contributed by atoms with van der Waals surface area (Å²) in [6.45, 7) is -0.788. The number of hydrogen-bond donors (Lipinski definition) is 2. The number of hydrogen-bond acceptors (Lipinski definition) is 4. The summed E-state index contributed by atoms with van der Waals surface area (Å²) in [7, 11) is 0. The molecule has 2 aromatic carbocycles. The lowest BCUT2D eigenvalue weighted by atomic mass is 9.89. The summed E-state index contributed by atoms with van der Waals surface area (Å²) in [5.41, 5.74) is -0.661. The normalized spacial score (nSPS) is 13.6. The van der Waals surface area contributed by atoms with Crippen molar-refractivity contribution in [2.24, 2.45) is 10.9 Å². The molecule has 0 fully saturated rings. The topological polar surface area (TPSA) is 72.5 Å². The van der Waals surface area contributed by atoms with Crippen LogP contribution in [0.5, 0.6) is 5.75 Å². The maximum Gasteiger partial charge on any atom is 0.298 e. The monoisotopic (exact) mass is 464 g/mol. The molecule has 0 amide bonds. The number of alkyl halides is 3. The van der Waals surface area contributed by atoms with E-state index in [1.54, 1.807) is 30.3 Å². The van der Waals surface area contributed by atoms with Crippen LogP contribution in [-0.2, 0) is 5.92 Å². The number of hydrazone groups is 1. The average Bonchev–Trinajstić information content (AvgIpc) is 2.82. The van der Waals surface area contributed by atoms with E-state index in [2.05, 4.69) is 15.4 Å². The summed E-state index contributed by atoms with van der Waals surface area (Å²) < 4.78 is 77.8. The molecule has 10 heteroatoms. The van der Waals surface area contributed by atoms with Gasteiger partial charge in [-0.1, -0.05) is 36.4 Å². The Balaban J connectivity index is 1.78. The van der Waals surface area contributed by atoms with Gasteiger partial charge >= 0.3 is 0 Å². The van der Waals surface area contributed by atoms with E-state index in [1.807, 2.05) is 0 Å². The lowest BCUT2D eigenvalue weighted by molar-refractivity contribution is -0.0378. The number of nitrogens with zero attached hydrogens (tertiary/aromatic N) is 2. The smallest absolute Gasteiger partial charge is 0.298 e. The minimum Gasteiger partial charge on any atom is -0.489 e. The van der Waals surface area contributed by atoms with E-state index in [0.29, 0.717) is 11.6 Å². The summed E-state index contributed by atoms with van der Waals surface area (Å²) in [6, 6.07) is 12.9. The molecule has 0 aliphatic rings. The highest BCUT2D eigenvalue weighted by Crippen LogP contribution is 2.42. The van der Waals surface area contributed by atoms with Crippen molar-refractivity contribution in [1.29, 1.82) is 0 Å². The largest absolute Gasteiger partial charge is 0.489 e. The average molecular weight is 464 g/mol. The van der Waals surface area contributed by atoms with Crippen molar-refractivity contribution < 1.29 is 26.7 Å². The number of rotatable bonds is 10. The van der Waals surface area contributed by atoms with E-state index in [1.165, 1.54) is 6.07 Å². The van der Waals surface area contributed by atoms with Crippen LogP contribution in [0.25, 0.3) is 0 Å². The molecule has 0 aliphatic carbocycles. The fraction of sp³-hybridized carbons (Fsp3) is 0.217. The van der Waals surface area contributed by atoms with Crippen molar-refractivity contribution >= 4 is 6.34 Å². The minimum absolute atomic E-state index is 0.0889. The standard InChI is InChI=1S/C23H21F5N4O/c24-16-6-8-18(20(25)10-16)19(12-30-14-32-29)23(27,28)22-9-7-17(11-31-22)33-13-21(26)15-4-2-1-3-5-15/h1-11,14,19,21H,12-13,29H2,(H,30,32). The van der Waals surface area contributed by atoms with Crippen LogP contribution < -0.4 is 15.9 Å². The fourth-order valence-electron chi connectivity index (χ4n) is 3.21. The zero-order valence-electron chi connectivity index (χ0n) is 17.3. The Bertz CT molecular complexity index is 1060. The summed E-state index contributed by atoms with van der Waals surface area (Å²) in [6.07, 6.45) is 0.608. The molecule has 1 heterocycles. The fourth-order valence-corrected chi connectivity index (χ4v) is 3.21. The highest BCUT2D eigenvalue weighted by Gasteiger charge is 2.44. The highest BCUT2D eigenvalue weighted by atomic mass is 19.3. The Morgan fingerprint density at radius 3 is 2.48 bits per heavy atom. The third-order valence-electron chi connectivity index (χ3n) is 4.90. The molecule has 0 saturated heterocycles. The lowest BCUT2D eigenvalue weighted by Gasteiger charge is -2.27. The molecule has 2 atom stereocenters. The Morgan fingerprint density at radius 2 is 1.85 bits per heavy atom. The molecule has 2 unspecified atom stereocenters. The number of pyridine rings is 1. The zero-order chi connectivity index (χ0) is 23.8. The number of ether oxygens (including phenoxy) is 1. The van der Waals surface area contributed by atoms with E-state index in [4.69, 9.17) is 10.6 Å². The molecule has 0 aliphatic heterocycles. The van der Waals surface area contributed by atoms with Crippen molar-refractivity contribution in [3.05, 3.63) is 95.3 Å². The van der Waals surface area contributed by atoms with Gasteiger partial charge in [0.2, 0.25) is 0 Å². The summed E-state index contributed by atoms with van der Waals surface area (Å²) in [4.78, 5) is 3.74. The first-order valence-corrected chi connectivity index (χ1v) is 9.89. The minimum atomic E-state index is -3.67. The second-order valence-corrected chi connectivity index (χ2v) is 7.10. The SMILES string of the molecule is N/N=C\NCC(c1ccc(F)cc1F)C(F)(F)c1ccc(OCC(F)c2ccccc2)cn1. The van der Waals surface area contributed by atoms with E-state index in [-0.39, 0.29) is 12.4 Å². The van der Waals surface area contributed by atoms with Crippen molar-refractivity contribution in [3.63, 3.8) is 0 Å². The van der Waals surface area contributed by atoms with Crippen LogP contribution in [-0.4, -0.2) is 24.5 Å². The third-order valence-corrected chi connectivity index (χ3v) is 4.90. The predicted octanol–water partition coefficient (Wildman–Crippen LogP) is 4.82. The van der Waals surface area contributed by atoms with Gasteiger partial charge in [-0.15, -0.1) is 0 Å². The number of benzene rings is 2. The molecule has 0 bridgehead atoms. The van der Waals surface area contributed by atoms with Gasteiger partial charge < -0.3 is 15.9 Å². The Morgan fingerprint density at radius 1 is 1.09 bits per heavy atom. The molecule has 1 aromatic heterocycles. The summed E-state index contributed by atoms with van der Waals surface area (Å²) >= 11 is 0. The van der Waals surface area contributed by atoms with Gasteiger partial charge in [0.15, 0.2) is 6.17 Å². The van der Waals surface area contributed by atoms with Crippen LogP contribution in [0.1, 0.15) is 28.9 Å². The van der Waals surface area contributed by atoms with Gasteiger partial charge in [-0.25, -0.2) is 13.2 Å². The highest BCUT2D eigenvalue weighted by molar-refractivity contribution is 5.53. The van der Waals surface area contributed by atoms with Crippen LogP contribution in [0.2, 0.25) is 0 Å². The second kappa shape index (κ2) is 10.8. The Labute approximate surface area is 187 Å². The van der Waals surface area contributed by atoms with Gasteiger partial charge in [-0.2, -0.15) is 13.9 Å². The van der Waals surface area contributed by atoms with Crippen molar-refractivity contribution in [2.45, 2.75) is 18.0 Å². The van der Waals surface area contributed by atoms with Crippen molar-refractivity contribution in [3.8, 4) is 5.75 Å². The maximum absolute atomic E-state index is 15.3. The molecule has 0 spiro atoms. The zero-order valence-corrected chi connectivity index (χ0v) is 17.3. The Kier molecular flexibility index (Phi) is 7.81.